The van der Waals surface area contributed by atoms with Gasteiger partial charge >= 0.3 is 0 Å². The highest BCUT2D eigenvalue weighted by Crippen LogP contribution is 2.29. The van der Waals surface area contributed by atoms with Crippen LogP contribution in [0.1, 0.15) is 21.5 Å². The van der Waals surface area contributed by atoms with Gasteiger partial charge in [0.1, 0.15) is 12.4 Å². The summed E-state index contributed by atoms with van der Waals surface area (Å²) in [5.41, 5.74) is 3.31. The largest absolute Gasteiger partial charge is 0.488 e. The highest BCUT2D eigenvalue weighted by molar-refractivity contribution is 6.30. The van der Waals surface area contributed by atoms with E-state index in [1.165, 1.54) is 11.0 Å². The Bertz CT molecular complexity index is 947. The number of carbonyl (C=O) groups is 2. The fraction of sp³-hybridized carbons (Fsp3) is 0.182. The summed E-state index contributed by atoms with van der Waals surface area (Å²) in [6.07, 6.45) is 5.17. The number of hydrogen-bond acceptors (Lipinski definition) is 3. The Balaban J connectivity index is 1.55. The maximum Gasteiger partial charge on any atom is 0.253 e. The van der Waals surface area contributed by atoms with E-state index in [-0.39, 0.29) is 11.8 Å². The Labute approximate surface area is 169 Å². The zero-order valence-electron chi connectivity index (χ0n) is 15.7. The molecule has 2 amide bonds. The van der Waals surface area contributed by atoms with Crippen LogP contribution in [0.5, 0.6) is 5.75 Å². The predicted molar refractivity (Wildman–Crippen MR) is 110 cm³/mol. The first-order chi connectivity index (χ1) is 13.4. The second-order valence-electron chi connectivity index (χ2n) is 6.64. The number of nitrogens with one attached hydrogen (secondary N) is 1. The molecule has 0 aliphatic carbocycles. The molecule has 6 heteroatoms. The molecule has 0 saturated heterocycles. The lowest BCUT2D eigenvalue weighted by Gasteiger charge is -2.16. The average molecular weight is 397 g/mol. The third-order valence-corrected chi connectivity index (χ3v) is 4.46. The van der Waals surface area contributed by atoms with Gasteiger partial charge in [0.05, 0.1) is 0 Å². The lowest BCUT2D eigenvalue weighted by atomic mass is 10.1. The van der Waals surface area contributed by atoms with Gasteiger partial charge in [-0.2, -0.15) is 0 Å². The number of rotatable bonds is 5. The van der Waals surface area contributed by atoms with Crippen molar-refractivity contribution in [3.05, 3.63) is 81.9 Å². The first-order valence-corrected chi connectivity index (χ1v) is 9.19. The molecule has 0 bridgehead atoms. The third-order valence-electron chi connectivity index (χ3n) is 4.23. The highest BCUT2D eigenvalue weighted by Gasteiger charge is 2.10. The van der Waals surface area contributed by atoms with E-state index in [1.807, 2.05) is 30.3 Å². The molecule has 0 fully saturated rings. The van der Waals surface area contributed by atoms with E-state index in [9.17, 15) is 9.59 Å². The monoisotopic (exact) mass is 396 g/mol. The molecule has 28 heavy (non-hydrogen) atoms. The molecule has 2 aromatic rings. The minimum atomic E-state index is -0.203. The van der Waals surface area contributed by atoms with Gasteiger partial charge in [0.25, 0.3) is 5.91 Å². The van der Waals surface area contributed by atoms with Gasteiger partial charge in [-0.15, -0.1) is 0 Å². The van der Waals surface area contributed by atoms with Crippen molar-refractivity contribution in [3.63, 3.8) is 0 Å². The van der Waals surface area contributed by atoms with Gasteiger partial charge < -0.3 is 15.0 Å². The van der Waals surface area contributed by atoms with Crippen LogP contribution in [0.25, 0.3) is 6.08 Å². The molecule has 0 atom stereocenters. The van der Waals surface area contributed by atoms with Crippen LogP contribution in [-0.4, -0.2) is 37.4 Å². The number of hydrogen-bond donors (Lipinski definition) is 1. The maximum atomic E-state index is 12.1. The Morgan fingerprint density at radius 2 is 1.93 bits per heavy atom. The van der Waals surface area contributed by atoms with Gasteiger partial charge in [-0.05, 0) is 47.5 Å². The van der Waals surface area contributed by atoms with Gasteiger partial charge in [0.15, 0.2) is 0 Å². The number of carbonyl (C=O) groups excluding carboxylic acids is 2. The summed E-state index contributed by atoms with van der Waals surface area (Å²) in [5, 5.41) is 3.47. The van der Waals surface area contributed by atoms with Crippen molar-refractivity contribution in [2.75, 3.05) is 20.7 Å². The van der Waals surface area contributed by atoms with E-state index < -0.39 is 0 Å². The number of amides is 2. The summed E-state index contributed by atoms with van der Waals surface area (Å²) >= 11 is 6.01. The minimum Gasteiger partial charge on any atom is -0.488 e. The minimum absolute atomic E-state index is 0.0515. The van der Waals surface area contributed by atoms with Crippen LogP contribution in [0.15, 0.2) is 60.2 Å². The Kier molecular flexibility index (Phi) is 6.16. The van der Waals surface area contributed by atoms with Crippen LogP contribution in [0.4, 0.5) is 0 Å². The smallest absolute Gasteiger partial charge is 0.253 e. The van der Waals surface area contributed by atoms with E-state index >= 15 is 0 Å². The van der Waals surface area contributed by atoms with E-state index in [4.69, 9.17) is 16.3 Å². The molecule has 0 saturated carbocycles. The van der Waals surface area contributed by atoms with E-state index in [2.05, 4.69) is 5.32 Å². The lowest BCUT2D eigenvalue weighted by Crippen LogP contribution is -2.22. The SMILES string of the molecule is CN(C)C(=O)c1ccc(CNC(=O)/C=C/C2=Cc3cc(Cl)ccc3OC2)cc1. The van der Waals surface area contributed by atoms with E-state index in [0.29, 0.717) is 23.7 Å². The fourth-order valence-corrected chi connectivity index (χ4v) is 2.90. The standard InChI is InChI=1S/C22H21ClN2O3/c1-25(2)22(27)17-6-3-15(4-7-17)13-24-21(26)10-5-16-11-18-12-19(23)8-9-20(18)28-14-16/h3-12H,13-14H2,1-2H3,(H,24,26)/b10-5+. The van der Waals surface area contributed by atoms with E-state index in [0.717, 1.165) is 22.4 Å². The van der Waals surface area contributed by atoms with Crippen molar-refractivity contribution < 1.29 is 14.3 Å². The molecular formula is C22H21ClN2O3. The second kappa shape index (κ2) is 8.76. The lowest BCUT2D eigenvalue weighted by molar-refractivity contribution is -0.116. The van der Waals surface area contributed by atoms with Crippen molar-refractivity contribution in [2.24, 2.45) is 0 Å². The van der Waals surface area contributed by atoms with Gasteiger partial charge in [-0.1, -0.05) is 29.8 Å². The first-order valence-electron chi connectivity index (χ1n) is 8.82. The van der Waals surface area contributed by atoms with Crippen molar-refractivity contribution in [2.45, 2.75) is 6.54 Å². The molecular weight excluding hydrogens is 376 g/mol. The molecule has 0 radical (unpaired) electrons. The topological polar surface area (TPSA) is 58.6 Å². The van der Waals surface area contributed by atoms with Crippen molar-refractivity contribution in [1.82, 2.24) is 10.2 Å². The molecule has 1 aliphatic heterocycles. The quantitative estimate of drug-likeness (QED) is 0.784. The average Bonchev–Trinajstić information content (AvgIpc) is 2.70. The highest BCUT2D eigenvalue weighted by atomic mass is 35.5. The van der Waals surface area contributed by atoms with E-state index in [1.54, 1.807) is 38.4 Å². The number of nitrogens with zero attached hydrogens (tertiary/aromatic N) is 1. The summed E-state index contributed by atoms with van der Waals surface area (Å²) in [6.45, 7) is 0.785. The maximum absolute atomic E-state index is 12.1. The molecule has 5 nitrogen and oxygen atoms in total. The van der Waals surface area contributed by atoms with Crippen LogP contribution in [0.3, 0.4) is 0 Å². The zero-order valence-corrected chi connectivity index (χ0v) is 16.5. The Hall–Kier alpha value is -3.05. The summed E-state index contributed by atoms with van der Waals surface area (Å²) < 4.78 is 5.66. The summed E-state index contributed by atoms with van der Waals surface area (Å²) in [5.74, 6) is 0.526. The van der Waals surface area contributed by atoms with Gasteiger partial charge in [-0.3, -0.25) is 9.59 Å². The van der Waals surface area contributed by atoms with Gasteiger partial charge in [-0.25, -0.2) is 0 Å². The van der Waals surface area contributed by atoms with Crippen LogP contribution in [-0.2, 0) is 11.3 Å². The van der Waals surface area contributed by atoms with Crippen LogP contribution < -0.4 is 10.1 Å². The first kappa shape index (κ1) is 19.7. The van der Waals surface area contributed by atoms with Gasteiger partial charge in [0, 0.05) is 42.9 Å². The number of halogens is 1. The Morgan fingerprint density at radius 1 is 1.18 bits per heavy atom. The van der Waals surface area contributed by atoms with Crippen molar-refractivity contribution in [3.8, 4) is 5.75 Å². The third kappa shape index (κ3) is 5.02. The number of fused-ring (bicyclic) bond motifs is 1. The molecule has 1 N–H and O–H groups in total. The Morgan fingerprint density at radius 3 is 2.64 bits per heavy atom. The molecule has 1 heterocycles. The van der Waals surface area contributed by atoms with Gasteiger partial charge in [0.2, 0.25) is 5.91 Å². The molecule has 144 valence electrons. The molecule has 0 spiro atoms. The van der Waals surface area contributed by atoms with Crippen LogP contribution in [0.2, 0.25) is 5.02 Å². The molecule has 2 aromatic carbocycles. The van der Waals surface area contributed by atoms with Crippen LogP contribution >= 0.6 is 11.6 Å². The summed E-state index contributed by atoms with van der Waals surface area (Å²) in [4.78, 5) is 25.5. The summed E-state index contributed by atoms with van der Waals surface area (Å²) in [7, 11) is 3.42. The van der Waals surface area contributed by atoms with Crippen molar-refractivity contribution >= 4 is 29.5 Å². The molecule has 0 aromatic heterocycles. The molecule has 1 aliphatic rings. The molecule has 0 unspecified atom stereocenters. The summed E-state index contributed by atoms with van der Waals surface area (Å²) in [6, 6.07) is 12.6. The number of benzene rings is 2. The van der Waals surface area contributed by atoms with Crippen LogP contribution in [0, 0.1) is 0 Å². The predicted octanol–water partition coefficient (Wildman–Crippen LogP) is 3.69. The normalized spacial score (nSPS) is 12.8. The zero-order chi connectivity index (χ0) is 20.1. The second-order valence-corrected chi connectivity index (χ2v) is 7.07. The molecule has 3 rings (SSSR count). The van der Waals surface area contributed by atoms with Crippen molar-refractivity contribution in [1.29, 1.82) is 0 Å². The fourth-order valence-electron chi connectivity index (χ4n) is 2.72. The number of ether oxygens (including phenoxy) is 1.